The van der Waals surface area contributed by atoms with Gasteiger partial charge in [0, 0.05) is 6.54 Å². The molecular formula is C24H23BrN2O3. The molecule has 3 aromatic rings. The van der Waals surface area contributed by atoms with E-state index in [1.165, 1.54) is 0 Å². The molecule has 0 saturated heterocycles. The fourth-order valence-electron chi connectivity index (χ4n) is 2.90. The first-order valence-electron chi connectivity index (χ1n) is 9.63. The summed E-state index contributed by atoms with van der Waals surface area (Å²) in [7, 11) is 0. The SMILES string of the molecule is Cc1ccc(OCC(=O)Nc2ccccc2C(=O)NCCc2ccccc2)c(Br)c1. The zero-order chi connectivity index (χ0) is 21.3. The van der Waals surface area contributed by atoms with Crippen LogP contribution in [0.15, 0.2) is 77.3 Å². The summed E-state index contributed by atoms with van der Waals surface area (Å²) in [5, 5.41) is 5.66. The Bertz CT molecular complexity index is 1020. The summed E-state index contributed by atoms with van der Waals surface area (Å²) in [6, 6.07) is 22.5. The van der Waals surface area contributed by atoms with E-state index in [1.807, 2.05) is 49.4 Å². The van der Waals surface area contributed by atoms with E-state index in [0.29, 0.717) is 23.5 Å². The maximum Gasteiger partial charge on any atom is 0.262 e. The third kappa shape index (κ3) is 6.19. The van der Waals surface area contributed by atoms with Crippen molar-refractivity contribution in [1.29, 1.82) is 0 Å². The van der Waals surface area contributed by atoms with Crippen LogP contribution in [0.2, 0.25) is 0 Å². The number of ether oxygens (including phenoxy) is 1. The smallest absolute Gasteiger partial charge is 0.262 e. The molecule has 3 aromatic carbocycles. The van der Waals surface area contributed by atoms with Crippen LogP contribution in [0, 0.1) is 6.92 Å². The molecule has 30 heavy (non-hydrogen) atoms. The quantitative estimate of drug-likeness (QED) is 0.503. The Hall–Kier alpha value is -3.12. The third-order valence-electron chi connectivity index (χ3n) is 4.43. The van der Waals surface area contributed by atoms with Gasteiger partial charge in [0.05, 0.1) is 15.7 Å². The van der Waals surface area contributed by atoms with Gasteiger partial charge in [-0.3, -0.25) is 9.59 Å². The highest BCUT2D eigenvalue weighted by Gasteiger charge is 2.13. The van der Waals surface area contributed by atoms with Crippen molar-refractivity contribution in [2.45, 2.75) is 13.3 Å². The van der Waals surface area contributed by atoms with Crippen LogP contribution in [-0.4, -0.2) is 25.0 Å². The number of aryl methyl sites for hydroxylation is 1. The van der Waals surface area contributed by atoms with E-state index in [-0.39, 0.29) is 18.4 Å². The molecule has 0 heterocycles. The van der Waals surface area contributed by atoms with Crippen molar-refractivity contribution in [2.24, 2.45) is 0 Å². The molecule has 2 N–H and O–H groups in total. The van der Waals surface area contributed by atoms with Crippen molar-refractivity contribution in [3.05, 3.63) is 94.0 Å². The minimum atomic E-state index is -0.341. The van der Waals surface area contributed by atoms with Crippen molar-refractivity contribution in [2.75, 3.05) is 18.5 Å². The minimum Gasteiger partial charge on any atom is -0.483 e. The second-order valence-corrected chi connectivity index (χ2v) is 7.66. The first-order valence-corrected chi connectivity index (χ1v) is 10.4. The second-order valence-electron chi connectivity index (χ2n) is 6.81. The lowest BCUT2D eigenvalue weighted by Crippen LogP contribution is -2.28. The minimum absolute atomic E-state index is 0.161. The van der Waals surface area contributed by atoms with Gasteiger partial charge in [-0.2, -0.15) is 0 Å². The van der Waals surface area contributed by atoms with Gasteiger partial charge in [0.15, 0.2) is 6.61 Å². The first kappa shape index (κ1) is 21.6. The Kier molecular flexibility index (Phi) is 7.63. The number of carbonyl (C=O) groups is 2. The maximum absolute atomic E-state index is 12.6. The van der Waals surface area contributed by atoms with Crippen molar-refractivity contribution in [1.82, 2.24) is 5.32 Å². The number of carbonyl (C=O) groups excluding carboxylic acids is 2. The molecule has 0 atom stereocenters. The highest BCUT2D eigenvalue weighted by atomic mass is 79.9. The number of rotatable bonds is 8. The summed E-state index contributed by atoms with van der Waals surface area (Å²) in [5.41, 5.74) is 3.10. The topological polar surface area (TPSA) is 67.4 Å². The molecule has 0 aliphatic rings. The molecule has 154 valence electrons. The number of anilines is 1. The fraction of sp³-hybridized carbons (Fsp3) is 0.167. The predicted molar refractivity (Wildman–Crippen MR) is 122 cm³/mol. The molecular weight excluding hydrogens is 444 g/mol. The van der Waals surface area contributed by atoms with Gasteiger partial charge in [0.25, 0.3) is 11.8 Å². The standard InChI is InChI=1S/C24H23BrN2O3/c1-17-11-12-22(20(25)15-17)30-16-23(28)27-21-10-6-5-9-19(21)24(29)26-14-13-18-7-3-2-4-8-18/h2-12,15H,13-14,16H2,1H3,(H,26,29)(H,27,28). The molecule has 2 amide bonds. The molecule has 0 spiro atoms. The lowest BCUT2D eigenvalue weighted by molar-refractivity contribution is -0.118. The maximum atomic E-state index is 12.6. The van der Waals surface area contributed by atoms with Crippen molar-refractivity contribution < 1.29 is 14.3 Å². The van der Waals surface area contributed by atoms with E-state index in [1.54, 1.807) is 30.3 Å². The third-order valence-corrected chi connectivity index (χ3v) is 5.05. The average Bonchev–Trinajstić information content (AvgIpc) is 2.74. The number of benzene rings is 3. The van der Waals surface area contributed by atoms with Gasteiger partial charge in [-0.05, 0) is 64.7 Å². The number of amides is 2. The molecule has 0 aliphatic carbocycles. The van der Waals surface area contributed by atoms with Gasteiger partial charge >= 0.3 is 0 Å². The largest absolute Gasteiger partial charge is 0.483 e. The molecule has 3 rings (SSSR count). The van der Waals surface area contributed by atoms with Gasteiger partial charge in [0.2, 0.25) is 0 Å². The Morgan fingerprint density at radius 3 is 2.47 bits per heavy atom. The molecule has 0 bridgehead atoms. The van der Waals surface area contributed by atoms with E-state index in [0.717, 1.165) is 22.0 Å². The van der Waals surface area contributed by atoms with Gasteiger partial charge < -0.3 is 15.4 Å². The number of para-hydroxylation sites is 1. The molecule has 0 fully saturated rings. The zero-order valence-electron chi connectivity index (χ0n) is 16.7. The van der Waals surface area contributed by atoms with Crippen LogP contribution in [0.25, 0.3) is 0 Å². The highest BCUT2D eigenvalue weighted by Crippen LogP contribution is 2.25. The van der Waals surface area contributed by atoms with Crippen LogP contribution < -0.4 is 15.4 Å². The van der Waals surface area contributed by atoms with Crippen LogP contribution in [0.1, 0.15) is 21.5 Å². The summed E-state index contributed by atoms with van der Waals surface area (Å²) in [6.07, 6.45) is 0.736. The van der Waals surface area contributed by atoms with E-state index < -0.39 is 0 Å². The fourth-order valence-corrected chi connectivity index (χ4v) is 3.51. The summed E-state index contributed by atoms with van der Waals surface area (Å²) in [5.74, 6) is 0.0127. The Balaban J connectivity index is 1.56. The van der Waals surface area contributed by atoms with Crippen molar-refractivity contribution in [3.8, 4) is 5.75 Å². The monoisotopic (exact) mass is 466 g/mol. The first-order chi connectivity index (χ1) is 14.5. The Labute approximate surface area is 184 Å². The van der Waals surface area contributed by atoms with Gasteiger partial charge in [0.1, 0.15) is 5.75 Å². The molecule has 0 radical (unpaired) electrons. The van der Waals surface area contributed by atoms with Crippen molar-refractivity contribution >= 4 is 33.4 Å². The van der Waals surface area contributed by atoms with Crippen LogP contribution in [0.4, 0.5) is 5.69 Å². The molecule has 0 aliphatic heterocycles. The van der Waals surface area contributed by atoms with E-state index in [9.17, 15) is 9.59 Å². The Morgan fingerprint density at radius 1 is 0.967 bits per heavy atom. The average molecular weight is 467 g/mol. The summed E-state index contributed by atoms with van der Waals surface area (Å²) in [4.78, 5) is 24.9. The van der Waals surface area contributed by atoms with Gasteiger partial charge in [-0.25, -0.2) is 0 Å². The molecule has 0 aromatic heterocycles. The van der Waals surface area contributed by atoms with Crippen LogP contribution in [0.3, 0.4) is 0 Å². The number of hydrogen-bond donors (Lipinski definition) is 2. The normalized spacial score (nSPS) is 10.3. The van der Waals surface area contributed by atoms with Crippen LogP contribution >= 0.6 is 15.9 Å². The van der Waals surface area contributed by atoms with Crippen LogP contribution in [-0.2, 0) is 11.2 Å². The van der Waals surface area contributed by atoms with E-state index >= 15 is 0 Å². The van der Waals surface area contributed by atoms with Gasteiger partial charge in [-0.15, -0.1) is 0 Å². The Morgan fingerprint density at radius 2 is 1.70 bits per heavy atom. The predicted octanol–water partition coefficient (Wildman–Crippen LogP) is 4.75. The summed E-state index contributed by atoms with van der Waals surface area (Å²) >= 11 is 3.43. The van der Waals surface area contributed by atoms with E-state index in [2.05, 4.69) is 26.6 Å². The summed E-state index contributed by atoms with van der Waals surface area (Å²) in [6.45, 7) is 2.32. The van der Waals surface area contributed by atoms with Gasteiger partial charge in [-0.1, -0.05) is 48.5 Å². The molecule has 0 unspecified atom stereocenters. The number of halogens is 1. The number of hydrogen-bond acceptors (Lipinski definition) is 3. The number of nitrogens with one attached hydrogen (secondary N) is 2. The molecule has 6 heteroatoms. The lowest BCUT2D eigenvalue weighted by Gasteiger charge is -2.13. The van der Waals surface area contributed by atoms with Crippen molar-refractivity contribution in [3.63, 3.8) is 0 Å². The highest BCUT2D eigenvalue weighted by molar-refractivity contribution is 9.10. The lowest BCUT2D eigenvalue weighted by atomic mass is 10.1. The van der Waals surface area contributed by atoms with Crippen LogP contribution in [0.5, 0.6) is 5.75 Å². The summed E-state index contributed by atoms with van der Waals surface area (Å²) < 4.78 is 6.37. The second kappa shape index (κ2) is 10.6. The zero-order valence-corrected chi connectivity index (χ0v) is 18.2. The molecule has 0 saturated carbocycles. The van der Waals surface area contributed by atoms with E-state index in [4.69, 9.17) is 4.74 Å². The molecule has 5 nitrogen and oxygen atoms in total.